The zero-order chi connectivity index (χ0) is 38.7. The topological polar surface area (TPSA) is 77.3 Å². The Kier molecular flexibility index (Phi) is 9.10. The van der Waals surface area contributed by atoms with Crippen molar-refractivity contribution in [1.29, 1.82) is 0 Å². The molecule has 0 fully saturated rings. The number of fused-ring (bicyclic) bond motifs is 1. The van der Waals surface area contributed by atoms with E-state index < -0.39 is 0 Å². The maximum atomic E-state index is 5.37. The predicted octanol–water partition coefficient (Wildman–Crippen LogP) is 12.5. The van der Waals surface area contributed by atoms with Crippen LogP contribution < -0.4 is 0 Å². The van der Waals surface area contributed by atoms with Crippen LogP contribution in [0.2, 0.25) is 0 Å². The molecule has 6 aromatic carbocycles. The van der Waals surface area contributed by atoms with Crippen LogP contribution in [0.5, 0.6) is 0 Å². The molecular weight excluding hydrogens is 709 g/mol. The molecule has 0 spiro atoms. The number of pyridine rings is 2. The van der Waals surface area contributed by atoms with Crippen LogP contribution in [0, 0.1) is 0 Å². The lowest BCUT2D eigenvalue weighted by Gasteiger charge is -2.14. The molecule has 0 amide bonds. The van der Waals surface area contributed by atoms with E-state index in [9.17, 15) is 0 Å². The largest absolute Gasteiger partial charge is 0.256 e. The Morgan fingerprint density at radius 3 is 1.38 bits per heavy atom. The monoisotopic (exact) mass is 742 g/mol. The molecule has 0 saturated carbocycles. The maximum Gasteiger partial charge on any atom is 0.160 e. The minimum Gasteiger partial charge on any atom is -0.256 e. The summed E-state index contributed by atoms with van der Waals surface area (Å²) in [6.07, 6.45) is 7.18. The fourth-order valence-corrected chi connectivity index (χ4v) is 7.36. The highest BCUT2D eigenvalue weighted by atomic mass is 14.9. The van der Waals surface area contributed by atoms with E-state index in [1.54, 1.807) is 12.4 Å². The third-order valence-electron chi connectivity index (χ3n) is 10.3. The van der Waals surface area contributed by atoms with Crippen molar-refractivity contribution in [3.8, 4) is 89.9 Å². The third kappa shape index (κ3) is 7.02. The van der Waals surface area contributed by atoms with Gasteiger partial charge in [0, 0.05) is 58.0 Å². The normalized spacial score (nSPS) is 11.1. The van der Waals surface area contributed by atoms with Crippen LogP contribution in [0.25, 0.3) is 101 Å². The Bertz CT molecular complexity index is 2910. The second-order valence-electron chi connectivity index (χ2n) is 14.0. The van der Waals surface area contributed by atoms with E-state index in [1.807, 2.05) is 73.1 Å². The first-order valence-corrected chi connectivity index (χ1v) is 19.2. The Morgan fingerprint density at radius 1 is 0.259 bits per heavy atom. The van der Waals surface area contributed by atoms with Crippen molar-refractivity contribution < 1.29 is 0 Å². The molecule has 0 unspecified atom stereocenters. The first-order chi connectivity index (χ1) is 28.7. The summed E-state index contributed by atoms with van der Waals surface area (Å²) in [6.45, 7) is 0. The Balaban J connectivity index is 1.11. The van der Waals surface area contributed by atoms with Crippen molar-refractivity contribution in [3.05, 3.63) is 207 Å². The van der Waals surface area contributed by atoms with E-state index in [1.165, 1.54) is 0 Å². The highest BCUT2D eigenvalue weighted by Crippen LogP contribution is 2.37. The van der Waals surface area contributed by atoms with Crippen molar-refractivity contribution in [2.75, 3.05) is 0 Å². The zero-order valence-corrected chi connectivity index (χ0v) is 31.3. The van der Waals surface area contributed by atoms with Gasteiger partial charge in [-0.15, -0.1) is 0 Å². The molecule has 4 aromatic heterocycles. The SMILES string of the molecule is c1ccc(-c2nc(-c3cc(-c4ccc(-c5ccccn5)cc4)cc(-c4ccc(-c5ccccn5)cc4)c3)nc3ccc(-c4cccc(-c5ncccn5)c4)cc23)cc1. The number of aromatic nitrogens is 6. The van der Waals surface area contributed by atoms with Crippen LogP contribution in [0.3, 0.4) is 0 Å². The van der Waals surface area contributed by atoms with Crippen LogP contribution in [-0.4, -0.2) is 29.9 Å². The molecule has 58 heavy (non-hydrogen) atoms. The summed E-state index contributed by atoms with van der Waals surface area (Å²) < 4.78 is 0. The second-order valence-corrected chi connectivity index (χ2v) is 14.0. The predicted molar refractivity (Wildman–Crippen MR) is 234 cm³/mol. The molecule has 6 heteroatoms. The van der Waals surface area contributed by atoms with E-state index in [4.69, 9.17) is 9.97 Å². The number of hydrogen-bond acceptors (Lipinski definition) is 6. The molecule has 4 heterocycles. The van der Waals surface area contributed by atoms with Gasteiger partial charge in [-0.05, 0) is 100 Å². The van der Waals surface area contributed by atoms with Gasteiger partial charge in [0.1, 0.15) is 0 Å². The first kappa shape index (κ1) is 34.5. The highest BCUT2D eigenvalue weighted by Gasteiger charge is 2.16. The number of rotatable bonds is 8. The Labute approximate surface area is 336 Å². The summed E-state index contributed by atoms with van der Waals surface area (Å²) >= 11 is 0. The Hall–Kier alpha value is -7.96. The molecule has 0 atom stereocenters. The number of benzene rings is 6. The number of hydrogen-bond donors (Lipinski definition) is 0. The zero-order valence-electron chi connectivity index (χ0n) is 31.3. The summed E-state index contributed by atoms with van der Waals surface area (Å²) in [7, 11) is 0. The lowest BCUT2D eigenvalue weighted by Crippen LogP contribution is -1.97. The molecular formula is C52H34N6. The van der Waals surface area contributed by atoms with Crippen LogP contribution in [0.15, 0.2) is 207 Å². The molecule has 10 aromatic rings. The smallest absolute Gasteiger partial charge is 0.160 e. The molecule has 0 N–H and O–H groups in total. The Morgan fingerprint density at radius 2 is 0.759 bits per heavy atom. The van der Waals surface area contributed by atoms with Crippen molar-refractivity contribution in [1.82, 2.24) is 29.9 Å². The quantitative estimate of drug-likeness (QED) is 0.154. The van der Waals surface area contributed by atoms with Gasteiger partial charge in [-0.3, -0.25) is 9.97 Å². The van der Waals surface area contributed by atoms with Gasteiger partial charge in [0.2, 0.25) is 0 Å². The van der Waals surface area contributed by atoms with Gasteiger partial charge in [-0.25, -0.2) is 19.9 Å². The van der Waals surface area contributed by atoms with Gasteiger partial charge in [0.25, 0.3) is 0 Å². The summed E-state index contributed by atoms with van der Waals surface area (Å²) in [4.78, 5) is 28.7. The van der Waals surface area contributed by atoms with E-state index in [0.717, 1.165) is 89.2 Å². The lowest BCUT2D eigenvalue weighted by molar-refractivity contribution is 1.18. The molecule has 0 bridgehead atoms. The highest BCUT2D eigenvalue weighted by molar-refractivity contribution is 5.97. The molecule has 0 saturated heterocycles. The van der Waals surface area contributed by atoms with E-state index in [0.29, 0.717) is 11.6 Å². The molecule has 10 rings (SSSR count). The summed E-state index contributed by atoms with van der Waals surface area (Å²) in [5.41, 5.74) is 15.1. The molecule has 0 aliphatic carbocycles. The molecule has 6 nitrogen and oxygen atoms in total. The molecule has 0 radical (unpaired) electrons. The second kappa shape index (κ2) is 15.3. The van der Waals surface area contributed by atoms with E-state index in [2.05, 4.69) is 141 Å². The van der Waals surface area contributed by atoms with E-state index in [-0.39, 0.29) is 0 Å². The van der Waals surface area contributed by atoms with Crippen LogP contribution in [0.1, 0.15) is 0 Å². The van der Waals surface area contributed by atoms with Gasteiger partial charge in [-0.1, -0.05) is 115 Å². The maximum absolute atomic E-state index is 5.37. The van der Waals surface area contributed by atoms with Crippen molar-refractivity contribution in [2.24, 2.45) is 0 Å². The summed E-state index contributed by atoms with van der Waals surface area (Å²) in [5.74, 6) is 1.35. The number of nitrogens with zero attached hydrogens (tertiary/aromatic N) is 6. The third-order valence-corrected chi connectivity index (χ3v) is 10.3. The van der Waals surface area contributed by atoms with Crippen molar-refractivity contribution >= 4 is 10.9 Å². The van der Waals surface area contributed by atoms with Crippen LogP contribution in [-0.2, 0) is 0 Å². The fourth-order valence-electron chi connectivity index (χ4n) is 7.36. The van der Waals surface area contributed by atoms with Gasteiger partial charge < -0.3 is 0 Å². The minimum atomic E-state index is 0.653. The van der Waals surface area contributed by atoms with Gasteiger partial charge in [-0.2, -0.15) is 0 Å². The van der Waals surface area contributed by atoms with Crippen LogP contribution in [0.4, 0.5) is 0 Å². The van der Waals surface area contributed by atoms with Crippen molar-refractivity contribution in [3.63, 3.8) is 0 Å². The first-order valence-electron chi connectivity index (χ1n) is 19.2. The summed E-state index contributed by atoms with van der Waals surface area (Å²) in [5, 5.41) is 0.973. The van der Waals surface area contributed by atoms with Gasteiger partial charge in [0.05, 0.1) is 22.6 Å². The average molecular weight is 743 g/mol. The fraction of sp³-hybridized carbons (Fsp3) is 0. The lowest BCUT2D eigenvalue weighted by atomic mass is 9.94. The van der Waals surface area contributed by atoms with Gasteiger partial charge in [0.15, 0.2) is 11.6 Å². The molecule has 0 aliphatic rings. The van der Waals surface area contributed by atoms with Gasteiger partial charge >= 0.3 is 0 Å². The molecule has 272 valence electrons. The molecule has 0 aliphatic heterocycles. The van der Waals surface area contributed by atoms with Crippen molar-refractivity contribution in [2.45, 2.75) is 0 Å². The van der Waals surface area contributed by atoms with E-state index >= 15 is 0 Å². The summed E-state index contributed by atoms with van der Waals surface area (Å²) in [6, 6.07) is 62.7. The average Bonchev–Trinajstić information content (AvgIpc) is 3.32. The minimum absolute atomic E-state index is 0.653. The standard InChI is InChI=1S/C52H34N6/c1-2-10-39(11-3-1)50-46-34-41(40-12-8-13-42(30-40)51-55-28-9-29-56-51)24-25-49(46)57-52(58-50)45-32-43(35-16-20-37(21-17-35)47-14-4-6-26-53-47)31-44(33-45)36-18-22-38(23-19-36)48-15-5-7-27-54-48/h1-34H. The van der Waals surface area contributed by atoms with Crippen LogP contribution >= 0.6 is 0 Å².